The van der Waals surface area contributed by atoms with Crippen LogP contribution in [0, 0.1) is 0 Å². The number of ether oxygens (including phenoxy) is 2. The van der Waals surface area contributed by atoms with Crippen LogP contribution in [0.5, 0.6) is 0 Å². The highest BCUT2D eigenvalue weighted by molar-refractivity contribution is 4.96. The van der Waals surface area contributed by atoms with Crippen molar-refractivity contribution in [2.24, 2.45) is 0 Å². The van der Waals surface area contributed by atoms with Gasteiger partial charge < -0.3 is 9.47 Å². The first-order valence-corrected chi connectivity index (χ1v) is 9.19. The molecule has 2 heterocycles. The molecule has 0 aromatic carbocycles. The first-order chi connectivity index (χ1) is 9.92. The van der Waals surface area contributed by atoms with Gasteiger partial charge in [0, 0.05) is 0 Å². The highest BCUT2D eigenvalue weighted by atomic mass is 16.7. The summed E-state index contributed by atoms with van der Waals surface area (Å²) in [5.41, 5.74) is 0. The van der Waals surface area contributed by atoms with Crippen molar-refractivity contribution in [3.05, 3.63) is 0 Å². The minimum atomic E-state index is 0.433. The van der Waals surface area contributed by atoms with Crippen molar-refractivity contribution in [3.63, 3.8) is 0 Å². The zero-order valence-electron chi connectivity index (χ0n) is 13.4. The number of epoxide rings is 1. The molecule has 2 heteroatoms. The molecule has 0 radical (unpaired) electrons. The molecule has 0 saturated carbocycles. The van der Waals surface area contributed by atoms with Crippen molar-refractivity contribution in [2.75, 3.05) is 6.61 Å². The number of hydrogen-bond donors (Lipinski definition) is 0. The Morgan fingerprint density at radius 2 is 1.30 bits per heavy atom. The van der Waals surface area contributed by atoms with Gasteiger partial charge in [-0.15, -0.1) is 0 Å². The van der Waals surface area contributed by atoms with Crippen LogP contribution in [0.2, 0.25) is 0 Å². The van der Waals surface area contributed by atoms with Crippen LogP contribution in [0.4, 0.5) is 0 Å². The van der Waals surface area contributed by atoms with Gasteiger partial charge >= 0.3 is 0 Å². The summed E-state index contributed by atoms with van der Waals surface area (Å²) in [6.07, 6.45) is 19.7. The fraction of sp³-hybridized carbons (Fsp3) is 1.00. The van der Waals surface area contributed by atoms with E-state index in [2.05, 4.69) is 6.92 Å². The zero-order chi connectivity index (χ0) is 14.0. The van der Waals surface area contributed by atoms with E-state index >= 15 is 0 Å². The second-order valence-corrected chi connectivity index (χ2v) is 6.69. The lowest BCUT2D eigenvalue weighted by Crippen LogP contribution is -2.13. The molecule has 2 fully saturated rings. The number of fused-ring (bicyclic) bond motifs is 1. The highest BCUT2D eigenvalue weighted by Gasteiger charge is 2.51. The molecule has 2 nitrogen and oxygen atoms in total. The number of rotatable bonds is 13. The Morgan fingerprint density at radius 3 is 1.75 bits per heavy atom. The molecule has 20 heavy (non-hydrogen) atoms. The van der Waals surface area contributed by atoms with Gasteiger partial charge in [-0.2, -0.15) is 0 Å². The van der Waals surface area contributed by atoms with E-state index in [1.165, 1.54) is 83.5 Å². The molecule has 118 valence electrons. The first kappa shape index (κ1) is 16.3. The second-order valence-electron chi connectivity index (χ2n) is 6.69. The molecule has 0 spiro atoms. The summed E-state index contributed by atoms with van der Waals surface area (Å²) in [7, 11) is 0. The van der Waals surface area contributed by atoms with Crippen molar-refractivity contribution >= 4 is 0 Å². The van der Waals surface area contributed by atoms with Gasteiger partial charge in [0.2, 0.25) is 0 Å². The Balaban J connectivity index is 1.26. The monoisotopic (exact) mass is 282 g/mol. The first-order valence-electron chi connectivity index (χ1n) is 9.19. The fourth-order valence-corrected chi connectivity index (χ4v) is 3.37. The van der Waals surface area contributed by atoms with Gasteiger partial charge in [-0.25, -0.2) is 0 Å². The molecule has 0 aromatic rings. The summed E-state index contributed by atoms with van der Waals surface area (Å²) in [5.74, 6) is 0. The molecule has 3 atom stereocenters. The van der Waals surface area contributed by atoms with Crippen LogP contribution in [0.3, 0.4) is 0 Å². The molecule has 0 bridgehead atoms. The van der Waals surface area contributed by atoms with Crippen molar-refractivity contribution < 1.29 is 9.47 Å². The van der Waals surface area contributed by atoms with Gasteiger partial charge in [-0.1, -0.05) is 84.0 Å². The lowest BCUT2D eigenvalue weighted by atomic mass is 10.0. The van der Waals surface area contributed by atoms with E-state index in [-0.39, 0.29) is 0 Å². The van der Waals surface area contributed by atoms with E-state index in [1.807, 2.05) is 0 Å². The third kappa shape index (κ3) is 6.13. The van der Waals surface area contributed by atoms with Crippen molar-refractivity contribution in [2.45, 2.75) is 109 Å². The van der Waals surface area contributed by atoms with E-state index in [0.717, 1.165) is 6.61 Å². The maximum Gasteiger partial charge on any atom is 0.113 e. The maximum absolute atomic E-state index is 5.69. The fourth-order valence-electron chi connectivity index (χ4n) is 3.37. The maximum atomic E-state index is 5.69. The van der Waals surface area contributed by atoms with Crippen LogP contribution in [0.15, 0.2) is 0 Å². The normalized spacial score (nSPS) is 27.8. The predicted molar refractivity (Wildman–Crippen MR) is 84.1 cm³/mol. The lowest BCUT2D eigenvalue weighted by Gasteiger charge is -2.10. The molecule has 2 aliphatic rings. The van der Waals surface area contributed by atoms with E-state index in [9.17, 15) is 0 Å². The number of unbranched alkanes of at least 4 members (excludes halogenated alkanes) is 11. The molecule has 0 N–H and O–H groups in total. The van der Waals surface area contributed by atoms with Gasteiger partial charge in [0.1, 0.15) is 12.2 Å². The molecule has 2 aliphatic heterocycles. The topological polar surface area (TPSA) is 21.8 Å². The van der Waals surface area contributed by atoms with Gasteiger partial charge in [0.25, 0.3) is 0 Å². The standard InChI is InChI=1S/C18H34O2/c1-2-3-4-5-6-7-8-9-10-11-12-13-14-16-18-17(20-18)15-19-16/h16-18H,2-15H2,1H3/t16-,17+,18-/m0/s1. The zero-order valence-corrected chi connectivity index (χ0v) is 13.4. The summed E-state index contributed by atoms with van der Waals surface area (Å²) < 4.78 is 11.2. The van der Waals surface area contributed by atoms with E-state index in [4.69, 9.17) is 9.47 Å². The van der Waals surface area contributed by atoms with Crippen molar-refractivity contribution in [1.82, 2.24) is 0 Å². The van der Waals surface area contributed by atoms with Crippen LogP contribution in [0.1, 0.15) is 90.4 Å². The quantitative estimate of drug-likeness (QED) is 0.340. The Morgan fingerprint density at radius 1 is 0.750 bits per heavy atom. The summed E-state index contributed by atoms with van der Waals surface area (Å²) in [6.45, 7) is 3.14. The molecule has 0 aromatic heterocycles. The van der Waals surface area contributed by atoms with Gasteiger partial charge in [0.05, 0.1) is 12.7 Å². The Labute approximate surface area is 125 Å². The largest absolute Gasteiger partial charge is 0.373 e. The van der Waals surface area contributed by atoms with E-state index in [0.29, 0.717) is 18.3 Å². The van der Waals surface area contributed by atoms with Crippen LogP contribution in [0.25, 0.3) is 0 Å². The van der Waals surface area contributed by atoms with Crippen LogP contribution < -0.4 is 0 Å². The molecule has 0 aliphatic carbocycles. The Kier molecular flexibility index (Phi) is 7.97. The molecular formula is C18H34O2. The molecular weight excluding hydrogens is 248 g/mol. The third-order valence-corrected chi connectivity index (χ3v) is 4.80. The summed E-state index contributed by atoms with van der Waals surface area (Å²) in [6, 6.07) is 0. The van der Waals surface area contributed by atoms with Crippen molar-refractivity contribution in [1.29, 1.82) is 0 Å². The second kappa shape index (κ2) is 9.78. The third-order valence-electron chi connectivity index (χ3n) is 4.80. The summed E-state index contributed by atoms with van der Waals surface area (Å²) in [4.78, 5) is 0. The average molecular weight is 282 g/mol. The lowest BCUT2D eigenvalue weighted by molar-refractivity contribution is 0.0230. The molecule has 2 rings (SSSR count). The van der Waals surface area contributed by atoms with Gasteiger partial charge in [-0.3, -0.25) is 0 Å². The highest BCUT2D eigenvalue weighted by Crippen LogP contribution is 2.36. The predicted octanol–water partition coefficient (Wildman–Crippen LogP) is 5.24. The van der Waals surface area contributed by atoms with Crippen LogP contribution in [-0.4, -0.2) is 24.9 Å². The van der Waals surface area contributed by atoms with Gasteiger partial charge in [0.15, 0.2) is 0 Å². The Hall–Kier alpha value is -0.0800. The summed E-state index contributed by atoms with van der Waals surface area (Å²) in [5, 5.41) is 0. The van der Waals surface area contributed by atoms with Crippen LogP contribution >= 0.6 is 0 Å². The van der Waals surface area contributed by atoms with E-state index in [1.54, 1.807) is 0 Å². The minimum Gasteiger partial charge on any atom is -0.373 e. The molecule has 0 amide bonds. The minimum absolute atomic E-state index is 0.433. The van der Waals surface area contributed by atoms with Crippen LogP contribution in [-0.2, 0) is 9.47 Å². The van der Waals surface area contributed by atoms with Gasteiger partial charge in [-0.05, 0) is 6.42 Å². The Bertz CT molecular complexity index is 242. The van der Waals surface area contributed by atoms with E-state index < -0.39 is 0 Å². The number of hydrogen-bond acceptors (Lipinski definition) is 2. The molecule has 2 saturated heterocycles. The molecule has 0 unspecified atom stereocenters. The summed E-state index contributed by atoms with van der Waals surface area (Å²) >= 11 is 0. The average Bonchev–Trinajstić information content (AvgIpc) is 3.14. The van der Waals surface area contributed by atoms with Crippen molar-refractivity contribution in [3.8, 4) is 0 Å². The smallest absolute Gasteiger partial charge is 0.113 e. The SMILES string of the molecule is CCCCCCCCCCCCCC[C@@H]1OC[C@H]2O[C@@H]12.